The second kappa shape index (κ2) is 6.01. The second-order valence-corrected chi connectivity index (χ2v) is 4.39. The number of amides is 1. The first-order valence-corrected chi connectivity index (χ1v) is 6.03. The van der Waals surface area contributed by atoms with Crippen LogP contribution in [0.4, 0.5) is 20.2 Å². The van der Waals surface area contributed by atoms with E-state index in [9.17, 15) is 13.6 Å². The number of hydrogen-bond acceptors (Lipinski definition) is 3. The number of nitrogen functional groups attached to an aromatic ring is 1. The summed E-state index contributed by atoms with van der Waals surface area (Å²) in [6, 6.07) is 9.66. The van der Waals surface area contributed by atoms with Crippen molar-refractivity contribution in [3.8, 4) is 6.07 Å². The van der Waals surface area contributed by atoms with Crippen molar-refractivity contribution < 1.29 is 13.6 Å². The fourth-order valence-corrected chi connectivity index (χ4v) is 1.78. The Morgan fingerprint density at radius 1 is 1.19 bits per heavy atom. The minimum atomic E-state index is -1.00. The molecule has 0 aliphatic carbocycles. The molecule has 0 heterocycles. The second-order valence-electron chi connectivity index (χ2n) is 4.39. The van der Waals surface area contributed by atoms with Crippen LogP contribution in [0.15, 0.2) is 36.4 Å². The van der Waals surface area contributed by atoms with Crippen molar-refractivity contribution in [1.82, 2.24) is 0 Å². The van der Waals surface area contributed by atoms with Crippen LogP contribution in [-0.2, 0) is 11.2 Å². The smallest absolute Gasteiger partial charge is 0.228 e. The lowest BCUT2D eigenvalue weighted by atomic mass is 10.1. The Balaban J connectivity index is 2.08. The number of halogens is 2. The number of anilines is 2. The van der Waals surface area contributed by atoms with Crippen molar-refractivity contribution in [1.29, 1.82) is 5.26 Å². The van der Waals surface area contributed by atoms with Gasteiger partial charge in [-0.3, -0.25) is 4.79 Å². The molecule has 4 nitrogen and oxygen atoms in total. The standard InChI is InChI=1S/C15H11F2N3O/c16-11-3-1-9(5-12(11)17)7-15(21)20-14-4-2-10(8-18)6-13(14)19/h1-6H,7,19H2,(H,20,21). The van der Waals surface area contributed by atoms with E-state index in [4.69, 9.17) is 11.0 Å². The number of hydrogen-bond donors (Lipinski definition) is 2. The summed E-state index contributed by atoms with van der Waals surface area (Å²) in [6.45, 7) is 0. The molecular weight excluding hydrogens is 276 g/mol. The molecule has 3 N–H and O–H groups in total. The first kappa shape index (κ1) is 14.5. The van der Waals surface area contributed by atoms with Gasteiger partial charge in [-0.05, 0) is 35.9 Å². The summed E-state index contributed by atoms with van der Waals surface area (Å²) in [5.41, 5.74) is 7.05. The van der Waals surface area contributed by atoms with E-state index in [1.54, 1.807) is 0 Å². The summed E-state index contributed by atoms with van der Waals surface area (Å²) in [4.78, 5) is 11.8. The zero-order valence-electron chi connectivity index (χ0n) is 10.9. The zero-order valence-corrected chi connectivity index (χ0v) is 10.9. The van der Waals surface area contributed by atoms with E-state index in [2.05, 4.69) is 5.32 Å². The number of rotatable bonds is 3. The molecule has 0 saturated carbocycles. The number of benzene rings is 2. The molecule has 106 valence electrons. The Morgan fingerprint density at radius 3 is 2.57 bits per heavy atom. The highest BCUT2D eigenvalue weighted by Gasteiger charge is 2.09. The van der Waals surface area contributed by atoms with Crippen molar-refractivity contribution in [2.24, 2.45) is 0 Å². The molecule has 0 saturated heterocycles. The minimum Gasteiger partial charge on any atom is -0.397 e. The highest BCUT2D eigenvalue weighted by molar-refractivity contribution is 5.95. The molecule has 2 aromatic carbocycles. The van der Waals surface area contributed by atoms with Crippen LogP contribution in [0.1, 0.15) is 11.1 Å². The van der Waals surface area contributed by atoms with Gasteiger partial charge in [-0.25, -0.2) is 8.78 Å². The molecule has 0 radical (unpaired) electrons. The molecular formula is C15H11F2N3O. The van der Waals surface area contributed by atoms with Gasteiger partial charge in [-0.1, -0.05) is 6.07 Å². The van der Waals surface area contributed by atoms with Crippen LogP contribution in [0.25, 0.3) is 0 Å². The minimum absolute atomic E-state index is 0.114. The van der Waals surface area contributed by atoms with Gasteiger partial charge in [0.15, 0.2) is 11.6 Å². The van der Waals surface area contributed by atoms with Crippen LogP contribution in [0.5, 0.6) is 0 Å². The Hall–Kier alpha value is -2.94. The molecule has 0 aromatic heterocycles. The quantitative estimate of drug-likeness (QED) is 0.852. The van der Waals surface area contributed by atoms with Crippen molar-refractivity contribution in [3.05, 3.63) is 59.2 Å². The van der Waals surface area contributed by atoms with Gasteiger partial charge in [0.2, 0.25) is 5.91 Å². The molecule has 0 fully saturated rings. The van der Waals surface area contributed by atoms with Gasteiger partial charge in [0.05, 0.1) is 29.4 Å². The van der Waals surface area contributed by atoms with Gasteiger partial charge in [0, 0.05) is 0 Å². The van der Waals surface area contributed by atoms with Crippen LogP contribution in [0, 0.1) is 23.0 Å². The number of nitrogens with two attached hydrogens (primary N) is 1. The van der Waals surface area contributed by atoms with Crippen molar-refractivity contribution in [3.63, 3.8) is 0 Å². The van der Waals surface area contributed by atoms with Gasteiger partial charge in [0.1, 0.15) is 0 Å². The van der Waals surface area contributed by atoms with E-state index in [0.29, 0.717) is 16.8 Å². The highest BCUT2D eigenvalue weighted by Crippen LogP contribution is 2.20. The molecule has 1 amide bonds. The molecule has 2 aromatic rings. The van der Waals surface area contributed by atoms with Crippen LogP contribution >= 0.6 is 0 Å². The summed E-state index contributed by atoms with van der Waals surface area (Å²) in [5, 5.41) is 11.3. The third-order valence-corrected chi connectivity index (χ3v) is 2.80. The predicted molar refractivity (Wildman–Crippen MR) is 74.3 cm³/mol. The van der Waals surface area contributed by atoms with Gasteiger partial charge in [0.25, 0.3) is 0 Å². The lowest BCUT2D eigenvalue weighted by Gasteiger charge is -2.08. The van der Waals surface area contributed by atoms with Crippen LogP contribution in [0.2, 0.25) is 0 Å². The third kappa shape index (κ3) is 3.54. The van der Waals surface area contributed by atoms with Crippen LogP contribution in [-0.4, -0.2) is 5.91 Å². The molecule has 21 heavy (non-hydrogen) atoms. The Bertz CT molecular complexity index is 738. The molecule has 0 bridgehead atoms. The summed E-state index contributed by atoms with van der Waals surface area (Å²) in [7, 11) is 0. The number of carbonyl (C=O) groups excluding carboxylic acids is 1. The molecule has 6 heteroatoms. The zero-order chi connectivity index (χ0) is 15.4. The van der Waals surface area contributed by atoms with E-state index in [-0.39, 0.29) is 12.1 Å². The SMILES string of the molecule is N#Cc1ccc(NC(=O)Cc2ccc(F)c(F)c2)c(N)c1. The number of carbonyl (C=O) groups is 1. The summed E-state index contributed by atoms with van der Waals surface area (Å²) in [5.74, 6) is -2.38. The summed E-state index contributed by atoms with van der Waals surface area (Å²) in [6.07, 6.45) is -0.114. The van der Waals surface area contributed by atoms with Gasteiger partial charge in [-0.2, -0.15) is 5.26 Å². The Labute approximate surface area is 119 Å². The largest absolute Gasteiger partial charge is 0.397 e. The maximum Gasteiger partial charge on any atom is 0.228 e. The van der Waals surface area contributed by atoms with Gasteiger partial charge < -0.3 is 11.1 Å². The van der Waals surface area contributed by atoms with Crippen molar-refractivity contribution in [2.75, 3.05) is 11.1 Å². The normalized spacial score (nSPS) is 9.95. The fraction of sp³-hybridized carbons (Fsp3) is 0.0667. The average Bonchev–Trinajstić information content (AvgIpc) is 2.45. The molecule has 0 atom stereocenters. The average molecular weight is 287 g/mol. The predicted octanol–water partition coefficient (Wildman–Crippen LogP) is 2.60. The van der Waals surface area contributed by atoms with Crippen LogP contribution in [0.3, 0.4) is 0 Å². The first-order valence-electron chi connectivity index (χ1n) is 6.03. The molecule has 0 unspecified atom stereocenters. The maximum atomic E-state index is 13.0. The van der Waals surface area contributed by atoms with E-state index in [1.807, 2.05) is 6.07 Å². The third-order valence-electron chi connectivity index (χ3n) is 2.80. The summed E-state index contributed by atoms with van der Waals surface area (Å²) < 4.78 is 25.8. The van der Waals surface area contributed by atoms with E-state index >= 15 is 0 Å². The first-order chi connectivity index (χ1) is 9.99. The monoisotopic (exact) mass is 287 g/mol. The molecule has 2 rings (SSSR count). The van der Waals surface area contributed by atoms with Crippen LogP contribution < -0.4 is 11.1 Å². The van der Waals surface area contributed by atoms with E-state index in [0.717, 1.165) is 12.1 Å². The fourth-order valence-electron chi connectivity index (χ4n) is 1.78. The lowest BCUT2D eigenvalue weighted by Crippen LogP contribution is -2.15. The topological polar surface area (TPSA) is 78.9 Å². The Morgan fingerprint density at radius 2 is 1.95 bits per heavy atom. The summed E-state index contributed by atoms with van der Waals surface area (Å²) >= 11 is 0. The van der Waals surface area contributed by atoms with Crippen molar-refractivity contribution in [2.45, 2.75) is 6.42 Å². The maximum absolute atomic E-state index is 13.0. The highest BCUT2D eigenvalue weighted by atomic mass is 19.2. The van der Waals surface area contributed by atoms with E-state index < -0.39 is 17.5 Å². The van der Waals surface area contributed by atoms with E-state index in [1.165, 1.54) is 24.3 Å². The lowest BCUT2D eigenvalue weighted by molar-refractivity contribution is -0.115. The van der Waals surface area contributed by atoms with Gasteiger partial charge in [-0.15, -0.1) is 0 Å². The Kier molecular flexibility index (Phi) is 4.14. The number of nitrogens with zero attached hydrogens (tertiary/aromatic N) is 1. The number of nitriles is 1. The van der Waals surface area contributed by atoms with Crippen molar-refractivity contribution >= 4 is 17.3 Å². The van der Waals surface area contributed by atoms with Gasteiger partial charge >= 0.3 is 0 Å². The molecule has 0 spiro atoms. The molecule has 0 aliphatic rings. The number of nitrogens with one attached hydrogen (secondary N) is 1. The molecule has 0 aliphatic heterocycles.